The Hall–Kier alpha value is -1.74. The molecular formula is C12H11ClN2O. The summed E-state index contributed by atoms with van der Waals surface area (Å²) in [6.07, 6.45) is 2.12. The van der Waals surface area contributed by atoms with Gasteiger partial charge in [-0.3, -0.25) is 0 Å². The minimum Gasteiger partial charge on any atom is -0.508 e. The van der Waals surface area contributed by atoms with E-state index in [1.165, 1.54) is 6.20 Å². The summed E-state index contributed by atoms with van der Waals surface area (Å²) < 4.78 is 0. The fourth-order valence-electron chi connectivity index (χ4n) is 1.52. The lowest BCUT2D eigenvalue weighted by Gasteiger charge is -2.05. The molecule has 1 heterocycles. The Morgan fingerprint density at radius 2 is 2.12 bits per heavy atom. The van der Waals surface area contributed by atoms with Crippen molar-refractivity contribution in [3.63, 3.8) is 0 Å². The van der Waals surface area contributed by atoms with Crippen LogP contribution in [0.1, 0.15) is 11.1 Å². The highest BCUT2D eigenvalue weighted by atomic mass is 35.5. The summed E-state index contributed by atoms with van der Waals surface area (Å²) >= 11 is 5.85. The van der Waals surface area contributed by atoms with Crippen molar-refractivity contribution in [3.05, 3.63) is 52.7 Å². The Labute approximate surface area is 98.5 Å². The highest BCUT2D eigenvalue weighted by molar-refractivity contribution is 6.30. The predicted octanol–water partition coefficient (Wildman–Crippen LogP) is 2.61. The first-order valence-electron chi connectivity index (χ1n) is 4.83. The molecule has 0 fully saturated rings. The number of halogens is 1. The number of nitrogen functional groups attached to an aromatic ring is 1. The number of benzene rings is 1. The minimum absolute atomic E-state index is 0.242. The molecule has 0 aliphatic heterocycles. The summed E-state index contributed by atoms with van der Waals surface area (Å²) in [5.41, 5.74) is 7.57. The second-order valence-electron chi connectivity index (χ2n) is 3.54. The van der Waals surface area contributed by atoms with Gasteiger partial charge in [0.25, 0.3) is 0 Å². The number of nitrogens with two attached hydrogens (primary N) is 1. The monoisotopic (exact) mass is 234 g/mol. The molecule has 0 saturated carbocycles. The number of hydrogen-bond donors (Lipinski definition) is 2. The van der Waals surface area contributed by atoms with E-state index < -0.39 is 0 Å². The molecule has 0 atom stereocenters. The SMILES string of the molecule is Nc1ncc(Cl)cc1Cc1cccc(O)c1. The summed E-state index contributed by atoms with van der Waals surface area (Å²) in [5, 5.41) is 9.90. The maximum absolute atomic E-state index is 9.34. The van der Waals surface area contributed by atoms with Crippen molar-refractivity contribution in [1.29, 1.82) is 0 Å². The van der Waals surface area contributed by atoms with Crippen LogP contribution < -0.4 is 5.73 Å². The maximum atomic E-state index is 9.34. The quantitative estimate of drug-likeness (QED) is 0.840. The highest BCUT2D eigenvalue weighted by Crippen LogP contribution is 2.20. The molecule has 3 N–H and O–H groups in total. The van der Waals surface area contributed by atoms with E-state index in [0.717, 1.165) is 11.1 Å². The number of pyridine rings is 1. The third-order valence-corrected chi connectivity index (χ3v) is 2.48. The lowest BCUT2D eigenvalue weighted by Crippen LogP contribution is -1.98. The third-order valence-electron chi connectivity index (χ3n) is 2.27. The molecule has 0 aliphatic rings. The van der Waals surface area contributed by atoms with Crippen LogP contribution in [0, 0.1) is 0 Å². The zero-order chi connectivity index (χ0) is 11.5. The van der Waals surface area contributed by atoms with Crippen molar-refractivity contribution in [2.45, 2.75) is 6.42 Å². The molecule has 1 aromatic heterocycles. The zero-order valence-electron chi connectivity index (χ0n) is 8.52. The highest BCUT2D eigenvalue weighted by Gasteiger charge is 2.03. The van der Waals surface area contributed by atoms with Crippen LogP contribution in [-0.2, 0) is 6.42 Å². The van der Waals surface area contributed by atoms with Crippen LogP contribution >= 0.6 is 11.6 Å². The Morgan fingerprint density at radius 3 is 2.88 bits per heavy atom. The van der Waals surface area contributed by atoms with Crippen LogP contribution in [0.2, 0.25) is 5.02 Å². The first-order chi connectivity index (χ1) is 7.65. The van der Waals surface area contributed by atoms with Gasteiger partial charge in [-0.15, -0.1) is 0 Å². The van der Waals surface area contributed by atoms with Gasteiger partial charge in [0.1, 0.15) is 11.6 Å². The van der Waals surface area contributed by atoms with Crippen LogP contribution in [0.25, 0.3) is 0 Å². The standard InChI is InChI=1S/C12H11ClN2O/c13-10-6-9(12(14)15-7-10)4-8-2-1-3-11(16)5-8/h1-3,5-7,16H,4H2,(H2,14,15). The smallest absolute Gasteiger partial charge is 0.126 e. The van der Waals surface area contributed by atoms with Gasteiger partial charge in [-0.1, -0.05) is 23.7 Å². The Bertz CT molecular complexity index is 514. The summed E-state index contributed by atoms with van der Waals surface area (Å²) in [4.78, 5) is 3.98. The van der Waals surface area contributed by atoms with E-state index in [1.54, 1.807) is 24.3 Å². The fraction of sp³-hybridized carbons (Fsp3) is 0.0833. The molecule has 0 radical (unpaired) electrons. The molecule has 0 amide bonds. The topological polar surface area (TPSA) is 59.1 Å². The number of phenolic OH excluding ortho intramolecular Hbond substituents is 1. The van der Waals surface area contributed by atoms with Gasteiger partial charge in [0.15, 0.2) is 0 Å². The van der Waals surface area contributed by atoms with Crippen LogP contribution in [0.4, 0.5) is 5.82 Å². The number of aromatic nitrogens is 1. The van der Waals surface area contributed by atoms with Crippen molar-refractivity contribution >= 4 is 17.4 Å². The van der Waals surface area contributed by atoms with Gasteiger partial charge in [0, 0.05) is 18.2 Å². The van der Waals surface area contributed by atoms with Crippen molar-refractivity contribution < 1.29 is 5.11 Å². The molecule has 1 aromatic carbocycles. The Kier molecular flexibility index (Phi) is 2.97. The molecule has 82 valence electrons. The van der Waals surface area contributed by atoms with E-state index >= 15 is 0 Å². The van der Waals surface area contributed by atoms with E-state index in [2.05, 4.69) is 4.98 Å². The average Bonchev–Trinajstić information content (AvgIpc) is 2.24. The van der Waals surface area contributed by atoms with E-state index in [4.69, 9.17) is 17.3 Å². The zero-order valence-corrected chi connectivity index (χ0v) is 9.28. The van der Waals surface area contributed by atoms with E-state index in [0.29, 0.717) is 17.3 Å². The number of nitrogens with zero attached hydrogens (tertiary/aromatic N) is 1. The summed E-state index contributed by atoms with van der Waals surface area (Å²) in [6, 6.07) is 8.82. The van der Waals surface area contributed by atoms with Crippen molar-refractivity contribution in [3.8, 4) is 5.75 Å². The first kappa shape index (κ1) is 10.8. The van der Waals surface area contributed by atoms with Crippen molar-refractivity contribution in [1.82, 2.24) is 4.98 Å². The number of anilines is 1. The summed E-state index contributed by atoms with van der Waals surface area (Å²) in [7, 11) is 0. The maximum Gasteiger partial charge on any atom is 0.126 e. The van der Waals surface area contributed by atoms with E-state index in [-0.39, 0.29) is 5.75 Å². The predicted molar refractivity (Wildman–Crippen MR) is 64.6 cm³/mol. The van der Waals surface area contributed by atoms with Gasteiger partial charge < -0.3 is 10.8 Å². The first-order valence-corrected chi connectivity index (χ1v) is 5.21. The lowest BCUT2D eigenvalue weighted by atomic mass is 10.1. The molecule has 0 bridgehead atoms. The summed E-state index contributed by atoms with van der Waals surface area (Å²) in [6.45, 7) is 0. The molecule has 0 spiro atoms. The molecule has 3 nitrogen and oxygen atoms in total. The number of phenols is 1. The van der Waals surface area contributed by atoms with Gasteiger partial charge in [-0.2, -0.15) is 0 Å². The second kappa shape index (κ2) is 4.41. The van der Waals surface area contributed by atoms with Gasteiger partial charge in [0.2, 0.25) is 0 Å². The lowest BCUT2D eigenvalue weighted by molar-refractivity contribution is 0.474. The summed E-state index contributed by atoms with van der Waals surface area (Å²) in [5.74, 6) is 0.707. The minimum atomic E-state index is 0.242. The molecule has 0 unspecified atom stereocenters. The second-order valence-corrected chi connectivity index (χ2v) is 3.98. The Balaban J connectivity index is 2.30. The average molecular weight is 235 g/mol. The van der Waals surface area contributed by atoms with Crippen LogP contribution in [0.5, 0.6) is 5.75 Å². The molecule has 0 saturated heterocycles. The molecule has 2 rings (SSSR count). The number of rotatable bonds is 2. The Morgan fingerprint density at radius 1 is 1.31 bits per heavy atom. The molecule has 2 aromatic rings. The van der Waals surface area contributed by atoms with E-state index in [1.807, 2.05) is 6.07 Å². The van der Waals surface area contributed by atoms with Gasteiger partial charge in [-0.25, -0.2) is 4.98 Å². The number of hydrogen-bond acceptors (Lipinski definition) is 3. The van der Waals surface area contributed by atoms with Crippen molar-refractivity contribution in [2.75, 3.05) is 5.73 Å². The van der Waals surface area contributed by atoms with Gasteiger partial charge >= 0.3 is 0 Å². The van der Waals surface area contributed by atoms with E-state index in [9.17, 15) is 5.11 Å². The van der Waals surface area contributed by atoms with Crippen LogP contribution in [0.15, 0.2) is 36.5 Å². The molecular weight excluding hydrogens is 224 g/mol. The van der Waals surface area contributed by atoms with Gasteiger partial charge in [0.05, 0.1) is 5.02 Å². The fourth-order valence-corrected chi connectivity index (χ4v) is 1.70. The molecule has 16 heavy (non-hydrogen) atoms. The van der Waals surface area contributed by atoms with Crippen LogP contribution in [0.3, 0.4) is 0 Å². The molecule has 4 heteroatoms. The third kappa shape index (κ3) is 2.44. The molecule has 0 aliphatic carbocycles. The van der Waals surface area contributed by atoms with Gasteiger partial charge in [-0.05, 0) is 23.8 Å². The van der Waals surface area contributed by atoms with Crippen LogP contribution in [-0.4, -0.2) is 10.1 Å². The largest absolute Gasteiger partial charge is 0.508 e. The van der Waals surface area contributed by atoms with Crippen molar-refractivity contribution in [2.24, 2.45) is 0 Å². The normalized spacial score (nSPS) is 10.3. The number of aromatic hydroxyl groups is 1.